The first-order chi connectivity index (χ1) is 14.1. The molecule has 1 aliphatic rings. The van der Waals surface area contributed by atoms with Crippen LogP contribution in [-0.2, 0) is 6.54 Å². The van der Waals surface area contributed by atoms with Gasteiger partial charge in [-0.25, -0.2) is 4.98 Å². The highest BCUT2D eigenvalue weighted by Gasteiger charge is 2.31. The van der Waals surface area contributed by atoms with Crippen molar-refractivity contribution in [2.45, 2.75) is 32.7 Å². The zero-order valence-corrected chi connectivity index (χ0v) is 16.8. The van der Waals surface area contributed by atoms with E-state index in [1.165, 1.54) is 0 Å². The van der Waals surface area contributed by atoms with Gasteiger partial charge in [0.25, 0.3) is 5.91 Å². The molecule has 1 amide bonds. The molecule has 4 aromatic rings. The van der Waals surface area contributed by atoms with Crippen molar-refractivity contribution in [3.8, 4) is 0 Å². The third kappa shape index (κ3) is 3.18. The Morgan fingerprint density at radius 2 is 2.17 bits per heavy atom. The van der Waals surface area contributed by atoms with Gasteiger partial charge in [0.1, 0.15) is 5.82 Å². The van der Waals surface area contributed by atoms with Crippen LogP contribution in [0, 0.1) is 5.92 Å². The van der Waals surface area contributed by atoms with E-state index in [2.05, 4.69) is 28.4 Å². The quantitative estimate of drug-likeness (QED) is 0.571. The summed E-state index contributed by atoms with van der Waals surface area (Å²) in [5.74, 6) is 1.94. The molecule has 3 aromatic heterocycles. The molecule has 1 aromatic carbocycles. The molecule has 1 aliphatic heterocycles. The molecule has 0 spiro atoms. The third-order valence-electron chi connectivity index (χ3n) is 5.77. The van der Waals surface area contributed by atoms with Gasteiger partial charge in [-0.2, -0.15) is 0 Å². The number of aromatic amines is 1. The van der Waals surface area contributed by atoms with Crippen molar-refractivity contribution < 1.29 is 4.79 Å². The molecule has 0 unspecified atom stereocenters. The number of H-pyrrole nitrogens is 1. The standard InChI is InChI=1S/C23H25N5O/c1-15(2)13-28-21-12-24-8-6-19(21)26-22(28)18-7-10-27(14-18)23(29)17-4-3-16-5-9-25-20(16)11-17/h3-6,8-9,11-12,15,18,25H,7,10,13-14H2,1-2H3/t18-/m0/s1. The van der Waals surface area contributed by atoms with Gasteiger partial charge >= 0.3 is 0 Å². The number of nitrogens with zero attached hydrogens (tertiary/aromatic N) is 4. The Morgan fingerprint density at radius 1 is 1.28 bits per heavy atom. The zero-order valence-electron chi connectivity index (χ0n) is 16.8. The van der Waals surface area contributed by atoms with Crippen LogP contribution in [0.3, 0.4) is 0 Å². The highest BCUT2D eigenvalue weighted by Crippen LogP contribution is 2.31. The largest absolute Gasteiger partial charge is 0.361 e. The molecule has 29 heavy (non-hydrogen) atoms. The molecule has 0 bridgehead atoms. The Bertz CT molecular complexity index is 1190. The molecule has 0 saturated carbocycles. The summed E-state index contributed by atoms with van der Waals surface area (Å²) in [5, 5.41) is 1.12. The molecule has 6 heteroatoms. The number of rotatable bonds is 4. The van der Waals surface area contributed by atoms with Crippen molar-refractivity contribution in [1.29, 1.82) is 0 Å². The van der Waals surface area contributed by atoms with Crippen LogP contribution in [-0.4, -0.2) is 43.4 Å². The second-order valence-electron chi connectivity index (χ2n) is 8.36. The first-order valence-electron chi connectivity index (χ1n) is 10.3. The lowest BCUT2D eigenvalue weighted by atomic mass is 10.1. The molecule has 148 valence electrons. The van der Waals surface area contributed by atoms with Gasteiger partial charge < -0.3 is 14.5 Å². The van der Waals surface area contributed by atoms with Crippen LogP contribution in [0.15, 0.2) is 48.9 Å². The fraction of sp³-hybridized carbons (Fsp3) is 0.348. The van der Waals surface area contributed by atoms with E-state index in [-0.39, 0.29) is 11.8 Å². The van der Waals surface area contributed by atoms with E-state index in [0.717, 1.165) is 52.8 Å². The van der Waals surface area contributed by atoms with Crippen LogP contribution in [0.25, 0.3) is 21.9 Å². The monoisotopic (exact) mass is 387 g/mol. The summed E-state index contributed by atoms with van der Waals surface area (Å²) >= 11 is 0. The molecule has 5 rings (SSSR count). The van der Waals surface area contributed by atoms with Gasteiger partial charge in [-0.3, -0.25) is 9.78 Å². The minimum atomic E-state index is 0.0946. The van der Waals surface area contributed by atoms with Crippen LogP contribution >= 0.6 is 0 Å². The van der Waals surface area contributed by atoms with Gasteiger partial charge in [0.2, 0.25) is 0 Å². The van der Waals surface area contributed by atoms with E-state index in [1.54, 1.807) is 6.20 Å². The topological polar surface area (TPSA) is 66.8 Å². The number of carbonyl (C=O) groups excluding carboxylic acids is 1. The van der Waals surface area contributed by atoms with Gasteiger partial charge in [-0.15, -0.1) is 0 Å². The molecule has 0 aliphatic carbocycles. The average Bonchev–Trinajstić information content (AvgIpc) is 3.45. The summed E-state index contributed by atoms with van der Waals surface area (Å²) in [6, 6.07) is 9.86. The van der Waals surface area contributed by atoms with Crippen LogP contribution in [0.4, 0.5) is 0 Å². The number of likely N-dealkylation sites (tertiary alicyclic amines) is 1. The number of fused-ring (bicyclic) bond motifs is 2. The molecule has 1 atom stereocenters. The first kappa shape index (κ1) is 17.9. The van der Waals surface area contributed by atoms with Crippen molar-refractivity contribution in [3.05, 3.63) is 60.3 Å². The van der Waals surface area contributed by atoms with Gasteiger partial charge in [0.15, 0.2) is 0 Å². The number of imidazole rings is 1. The molecule has 4 heterocycles. The molecule has 0 radical (unpaired) electrons. The van der Waals surface area contributed by atoms with Crippen molar-refractivity contribution in [1.82, 2.24) is 24.4 Å². The van der Waals surface area contributed by atoms with E-state index in [4.69, 9.17) is 4.98 Å². The van der Waals surface area contributed by atoms with E-state index in [9.17, 15) is 4.79 Å². The SMILES string of the molecule is CC(C)Cn1c([C@H]2CCN(C(=O)c3ccc4cc[nH]c4c3)C2)nc2ccncc21. The summed E-state index contributed by atoms with van der Waals surface area (Å²) in [6.45, 7) is 6.80. The Hall–Kier alpha value is -3.15. The number of hydrogen-bond acceptors (Lipinski definition) is 3. The number of benzene rings is 1. The van der Waals surface area contributed by atoms with E-state index >= 15 is 0 Å². The normalized spacial score (nSPS) is 17.1. The van der Waals surface area contributed by atoms with Gasteiger partial charge in [-0.1, -0.05) is 19.9 Å². The predicted octanol–water partition coefficient (Wildman–Crippen LogP) is 4.20. The maximum Gasteiger partial charge on any atom is 0.253 e. The number of amides is 1. The minimum absolute atomic E-state index is 0.0946. The van der Waals surface area contributed by atoms with Gasteiger partial charge in [0, 0.05) is 49.0 Å². The fourth-order valence-electron chi connectivity index (χ4n) is 4.38. The summed E-state index contributed by atoms with van der Waals surface area (Å²) < 4.78 is 2.30. The Kier molecular flexibility index (Phi) is 4.34. The van der Waals surface area contributed by atoms with Crippen molar-refractivity contribution in [2.24, 2.45) is 5.92 Å². The van der Waals surface area contributed by atoms with Crippen LogP contribution in [0.5, 0.6) is 0 Å². The average molecular weight is 387 g/mol. The van der Waals surface area contributed by atoms with E-state index in [0.29, 0.717) is 12.5 Å². The van der Waals surface area contributed by atoms with Crippen molar-refractivity contribution in [3.63, 3.8) is 0 Å². The maximum absolute atomic E-state index is 13.1. The minimum Gasteiger partial charge on any atom is -0.361 e. The molecule has 1 saturated heterocycles. The van der Waals surface area contributed by atoms with E-state index in [1.807, 2.05) is 47.6 Å². The summed E-state index contributed by atoms with van der Waals surface area (Å²) in [4.78, 5) is 27.5. The van der Waals surface area contributed by atoms with Crippen molar-refractivity contribution in [2.75, 3.05) is 13.1 Å². The summed E-state index contributed by atoms with van der Waals surface area (Å²) in [6.07, 6.45) is 6.53. The lowest BCUT2D eigenvalue weighted by molar-refractivity contribution is 0.0790. The number of aromatic nitrogens is 4. The molecule has 1 fully saturated rings. The van der Waals surface area contributed by atoms with Crippen LogP contribution in [0.2, 0.25) is 0 Å². The predicted molar refractivity (Wildman–Crippen MR) is 114 cm³/mol. The molecular formula is C23H25N5O. The van der Waals surface area contributed by atoms with Crippen molar-refractivity contribution >= 4 is 27.8 Å². The Balaban J connectivity index is 1.42. The maximum atomic E-state index is 13.1. The Morgan fingerprint density at radius 3 is 3.03 bits per heavy atom. The van der Waals surface area contributed by atoms with Gasteiger partial charge in [-0.05, 0) is 42.0 Å². The lowest BCUT2D eigenvalue weighted by Crippen LogP contribution is -2.28. The molecule has 1 N–H and O–H groups in total. The smallest absolute Gasteiger partial charge is 0.253 e. The summed E-state index contributed by atoms with van der Waals surface area (Å²) in [5.41, 5.74) is 3.80. The number of nitrogens with one attached hydrogen (secondary N) is 1. The van der Waals surface area contributed by atoms with Gasteiger partial charge in [0.05, 0.1) is 17.2 Å². The number of carbonyl (C=O) groups is 1. The third-order valence-corrected chi connectivity index (χ3v) is 5.77. The van der Waals surface area contributed by atoms with E-state index < -0.39 is 0 Å². The molecular weight excluding hydrogens is 362 g/mol. The van der Waals surface area contributed by atoms with Crippen LogP contribution in [0.1, 0.15) is 42.4 Å². The second kappa shape index (κ2) is 7.03. The second-order valence-corrected chi connectivity index (χ2v) is 8.36. The van der Waals surface area contributed by atoms with Crippen LogP contribution < -0.4 is 0 Å². The number of hydrogen-bond donors (Lipinski definition) is 1. The number of pyridine rings is 1. The fourth-order valence-corrected chi connectivity index (χ4v) is 4.38. The highest BCUT2D eigenvalue weighted by molar-refractivity contribution is 5.98. The first-order valence-corrected chi connectivity index (χ1v) is 10.3. The Labute approximate surface area is 169 Å². The molecule has 6 nitrogen and oxygen atoms in total. The highest BCUT2D eigenvalue weighted by atomic mass is 16.2. The lowest BCUT2D eigenvalue weighted by Gasteiger charge is -2.18. The summed E-state index contributed by atoms with van der Waals surface area (Å²) in [7, 11) is 0. The zero-order chi connectivity index (χ0) is 20.0.